The molecule has 2 nitrogen and oxygen atoms in total. The molecule has 0 unspecified atom stereocenters. The molecule has 2 saturated carbocycles. The van der Waals surface area contributed by atoms with Gasteiger partial charge in [0.15, 0.2) is 0 Å². The molecule has 0 aromatic carbocycles. The van der Waals surface area contributed by atoms with Gasteiger partial charge in [0.05, 0.1) is 0 Å². The second-order valence-corrected chi connectivity index (χ2v) is 7.47. The summed E-state index contributed by atoms with van der Waals surface area (Å²) in [6, 6.07) is 0. The molecule has 0 heterocycles. The monoisotopic (exact) mass is 296 g/mol. The summed E-state index contributed by atoms with van der Waals surface area (Å²) < 4.78 is 10.9. The van der Waals surface area contributed by atoms with Crippen LogP contribution in [0.3, 0.4) is 0 Å². The van der Waals surface area contributed by atoms with Crippen LogP contribution >= 0.6 is 0 Å². The molecule has 2 aliphatic rings. The molecule has 0 aromatic heterocycles. The number of ether oxygens (including phenoxy) is 2. The fraction of sp³-hybridized carbons (Fsp3) is 1.00. The maximum Gasteiger partial charge on any atom is 0.0494 e. The van der Waals surface area contributed by atoms with Crippen LogP contribution in [0, 0.1) is 23.7 Å². The smallest absolute Gasteiger partial charge is 0.0494 e. The van der Waals surface area contributed by atoms with E-state index >= 15 is 0 Å². The largest absolute Gasteiger partial charge is 0.384 e. The van der Waals surface area contributed by atoms with Crippen LogP contribution in [0.2, 0.25) is 0 Å². The van der Waals surface area contributed by atoms with E-state index in [4.69, 9.17) is 9.47 Å². The maximum atomic E-state index is 5.58. The molecule has 2 fully saturated rings. The highest BCUT2D eigenvalue weighted by Gasteiger charge is 2.24. The fourth-order valence-electron chi connectivity index (χ4n) is 4.37. The first kappa shape index (κ1) is 17.3. The molecule has 0 aromatic rings. The van der Waals surface area contributed by atoms with Crippen molar-refractivity contribution in [1.82, 2.24) is 0 Å². The highest BCUT2D eigenvalue weighted by atomic mass is 16.5. The van der Waals surface area contributed by atoms with E-state index in [1.54, 1.807) is 0 Å². The summed E-state index contributed by atoms with van der Waals surface area (Å²) in [5.74, 6) is 3.73. The van der Waals surface area contributed by atoms with E-state index in [0.717, 1.165) is 43.5 Å². The van der Waals surface area contributed by atoms with Gasteiger partial charge < -0.3 is 9.47 Å². The Bertz CT molecular complexity index is 250. The lowest BCUT2D eigenvalue weighted by Crippen LogP contribution is -2.21. The molecular formula is C19H36O2. The molecule has 0 saturated heterocycles. The minimum absolute atomic E-state index is 0.847. The van der Waals surface area contributed by atoms with Gasteiger partial charge in [0.2, 0.25) is 0 Å². The van der Waals surface area contributed by atoms with Crippen LogP contribution in [-0.4, -0.2) is 26.9 Å². The molecule has 0 spiro atoms. The Morgan fingerprint density at radius 3 is 1.52 bits per heavy atom. The Balaban J connectivity index is 1.54. The van der Waals surface area contributed by atoms with Crippen molar-refractivity contribution < 1.29 is 9.47 Å². The topological polar surface area (TPSA) is 18.5 Å². The van der Waals surface area contributed by atoms with E-state index < -0.39 is 0 Å². The first-order chi connectivity index (χ1) is 10.3. The molecule has 124 valence electrons. The second kappa shape index (κ2) is 9.84. The summed E-state index contributed by atoms with van der Waals surface area (Å²) >= 11 is 0. The average molecular weight is 296 g/mol. The minimum Gasteiger partial charge on any atom is -0.384 e. The van der Waals surface area contributed by atoms with Crippen molar-refractivity contribution in [1.29, 1.82) is 0 Å². The summed E-state index contributed by atoms with van der Waals surface area (Å²) in [6.07, 6.45) is 14.4. The third kappa shape index (κ3) is 6.28. The van der Waals surface area contributed by atoms with Gasteiger partial charge in [-0.3, -0.25) is 0 Å². The zero-order chi connectivity index (χ0) is 14.9. The van der Waals surface area contributed by atoms with Crippen LogP contribution in [-0.2, 0) is 9.47 Å². The molecule has 0 radical (unpaired) electrons. The lowest BCUT2D eigenvalue weighted by Gasteiger charge is -2.31. The van der Waals surface area contributed by atoms with Gasteiger partial charge in [0, 0.05) is 26.9 Å². The zero-order valence-electron chi connectivity index (χ0n) is 14.3. The van der Waals surface area contributed by atoms with Crippen LogP contribution in [0.5, 0.6) is 0 Å². The first-order valence-corrected chi connectivity index (χ1v) is 9.38. The number of hydrogen-bond donors (Lipinski definition) is 0. The van der Waals surface area contributed by atoms with Crippen molar-refractivity contribution >= 4 is 0 Å². The lowest BCUT2D eigenvalue weighted by atomic mass is 9.76. The van der Waals surface area contributed by atoms with Crippen molar-refractivity contribution in [3.63, 3.8) is 0 Å². The summed E-state index contributed by atoms with van der Waals surface area (Å²) in [5.41, 5.74) is 0. The van der Waals surface area contributed by atoms with Gasteiger partial charge in [-0.05, 0) is 56.3 Å². The van der Waals surface area contributed by atoms with E-state index in [-0.39, 0.29) is 0 Å². The lowest BCUT2D eigenvalue weighted by molar-refractivity contribution is 0.0834. The first-order valence-electron chi connectivity index (χ1n) is 9.38. The third-order valence-corrected chi connectivity index (χ3v) is 5.88. The Labute approximate surface area is 132 Å². The molecule has 21 heavy (non-hydrogen) atoms. The molecule has 2 rings (SSSR count). The van der Waals surface area contributed by atoms with Crippen LogP contribution in [0.25, 0.3) is 0 Å². The van der Waals surface area contributed by atoms with E-state index in [1.165, 1.54) is 64.2 Å². The number of methoxy groups -OCH3 is 1. The Morgan fingerprint density at radius 2 is 1.10 bits per heavy atom. The predicted octanol–water partition coefficient (Wildman–Crippen LogP) is 5.06. The zero-order valence-corrected chi connectivity index (χ0v) is 14.3. The molecule has 0 atom stereocenters. The van der Waals surface area contributed by atoms with Gasteiger partial charge in [-0.15, -0.1) is 0 Å². The van der Waals surface area contributed by atoms with Crippen molar-refractivity contribution in [2.24, 2.45) is 23.7 Å². The van der Waals surface area contributed by atoms with E-state index in [9.17, 15) is 0 Å². The van der Waals surface area contributed by atoms with Crippen LogP contribution < -0.4 is 0 Å². The van der Waals surface area contributed by atoms with Gasteiger partial charge in [-0.1, -0.05) is 38.5 Å². The second-order valence-electron chi connectivity index (χ2n) is 7.47. The summed E-state index contributed by atoms with van der Waals surface area (Å²) in [5, 5.41) is 0. The van der Waals surface area contributed by atoms with Gasteiger partial charge in [-0.2, -0.15) is 0 Å². The highest BCUT2D eigenvalue weighted by Crippen LogP contribution is 2.36. The maximum absolute atomic E-state index is 5.58. The predicted molar refractivity (Wildman–Crippen MR) is 88.5 cm³/mol. The van der Waals surface area contributed by atoms with Crippen LogP contribution in [0.1, 0.15) is 71.1 Å². The van der Waals surface area contributed by atoms with Gasteiger partial charge >= 0.3 is 0 Å². The molecular weight excluding hydrogens is 260 g/mol. The number of hydrogen-bond acceptors (Lipinski definition) is 2. The minimum atomic E-state index is 0.847. The summed E-state index contributed by atoms with van der Waals surface area (Å²) in [6.45, 7) is 4.97. The van der Waals surface area contributed by atoms with E-state index in [0.29, 0.717) is 0 Å². The van der Waals surface area contributed by atoms with Crippen molar-refractivity contribution in [2.45, 2.75) is 71.1 Å². The Kier molecular flexibility index (Phi) is 8.10. The Morgan fingerprint density at radius 1 is 0.667 bits per heavy atom. The van der Waals surface area contributed by atoms with Gasteiger partial charge in [0.1, 0.15) is 0 Å². The van der Waals surface area contributed by atoms with Gasteiger partial charge in [0.25, 0.3) is 0 Å². The van der Waals surface area contributed by atoms with Crippen molar-refractivity contribution in [2.75, 3.05) is 26.9 Å². The van der Waals surface area contributed by atoms with Gasteiger partial charge in [-0.25, -0.2) is 0 Å². The quantitative estimate of drug-likeness (QED) is 0.623. The molecule has 0 bridgehead atoms. The number of rotatable bonds is 8. The normalized spacial score (nSPS) is 34.0. The highest BCUT2D eigenvalue weighted by molar-refractivity contribution is 4.76. The molecule has 0 aliphatic heterocycles. The van der Waals surface area contributed by atoms with Crippen LogP contribution in [0.4, 0.5) is 0 Å². The molecule has 2 aliphatic carbocycles. The SMILES string of the molecule is CCOCC1CCC(CCC2CCC(COC)CC2)CC1. The van der Waals surface area contributed by atoms with Crippen molar-refractivity contribution in [3.05, 3.63) is 0 Å². The third-order valence-electron chi connectivity index (χ3n) is 5.88. The summed E-state index contributed by atoms with van der Waals surface area (Å²) in [7, 11) is 1.84. The van der Waals surface area contributed by atoms with E-state index in [2.05, 4.69) is 6.92 Å². The van der Waals surface area contributed by atoms with Crippen molar-refractivity contribution in [3.8, 4) is 0 Å². The summed E-state index contributed by atoms with van der Waals surface area (Å²) in [4.78, 5) is 0. The fourth-order valence-corrected chi connectivity index (χ4v) is 4.37. The van der Waals surface area contributed by atoms with E-state index in [1.807, 2.05) is 7.11 Å². The van der Waals surface area contributed by atoms with Crippen LogP contribution in [0.15, 0.2) is 0 Å². The molecule has 0 amide bonds. The Hall–Kier alpha value is -0.0800. The average Bonchev–Trinajstić information content (AvgIpc) is 2.53. The molecule has 0 N–H and O–H groups in total. The molecule has 2 heteroatoms. The standard InChI is InChI=1S/C19H36O2/c1-3-21-15-19-12-8-17(9-13-19)5-4-16-6-10-18(11-7-16)14-20-2/h16-19H,3-15H2,1-2H3.